The molecule has 0 aliphatic carbocycles. The van der Waals surface area contributed by atoms with Gasteiger partial charge in [0.2, 0.25) is 0 Å². The molecule has 600 valence electrons. The summed E-state index contributed by atoms with van der Waals surface area (Å²) in [5, 5.41) is 10.2. The summed E-state index contributed by atoms with van der Waals surface area (Å²) in [7, 11) is 0. The van der Waals surface area contributed by atoms with Gasteiger partial charge >= 0.3 is 71.6 Å². The number of carbonyl (C=O) groups is 16. The van der Waals surface area contributed by atoms with Crippen LogP contribution in [-0.4, -0.2) is 245 Å². The predicted molar refractivity (Wildman–Crippen MR) is 362 cm³/mol. The van der Waals surface area contributed by atoms with Crippen LogP contribution in [0.25, 0.3) is 0 Å². The first-order valence-corrected chi connectivity index (χ1v) is 33.4. The van der Waals surface area contributed by atoms with Crippen LogP contribution in [0.3, 0.4) is 0 Å². The normalized spacial score (nSPS) is 27.5. The number of benzene rings is 2. The Kier molecular flexibility index (Phi) is 33.1. The Morgan fingerprint density at radius 3 is 0.582 bits per heavy atom. The van der Waals surface area contributed by atoms with Crippen molar-refractivity contribution in [1.29, 1.82) is 0 Å². The van der Waals surface area contributed by atoms with E-state index in [2.05, 4.69) is 34.4 Å². The number of nitrogens with one attached hydrogen (secondary N) is 4. The summed E-state index contributed by atoms with van der Waals surface area (Å²) in [6.45, 7) is 17.5. The van der Waals surface area contributed by atoms with Gasteiger partial charge in [-0.25, -0.2) is 0 Å². The molecule has 4 N–H and O–H groups in total. The SMILES string of the molecule is C=CCO[C@H]1O[C@H](C(=O)Nc2ccc(NC(=O)[C@H]3O[C@H](OC/C=C/CO[C@H]4O[C@H](C(=O)Nc5ccc(NC(=O)[C@H]6O[C@H](OCC=C)[C@H](OC(C)=O)[C@@H](OC(C)=O)[C@@H]6OC(C)=O)cc5)[C@@H](OC(C)=O)[C@H](OC(C)=O)[C@H]4OC(C)=O)[C@H](OC(C)=O)[C@@H](OC(C)=O)[C@@H]3OC(C)=O)cc2)[C@@H](OC(C)=O)[C@H](OC(C)=O)[C@H]1OC(C)=O. The van der Waals surface area contributed by atoms with E-state index >= 15 is 0 Å². The lowest BCUT2D eigenvalue weighted by Crippen LogP contribution is -2.64. The van der Waals surface area contributed by atoms with Crippen LogP contribution < -0.4 is 21.3 Å². The molecule has 0 radical (unpaired) electrons. The average molecular weight is 1560 g/mol. The Morgan fingerprint density at radius 2 is 0.418 bits per heavy atom. The van der Waals surface area contributed by atoms with Crippen molar-refractivity contribution >= 4 is 118 Å². The van der Waals surface area contributed by atoms with Crippen molar-refractivity contribution in [3.8, 4) is 0 Å². The zero-order valence-electron chi connectivity index (χ0n) is 61.4. The van der Waals surface area contributed by atoms with Crippen molar-refractivity contribution < 1.29 is 171 Å². The number of ether oxygens (including phenoxy) is 20. The Hall–Kier alpha value is -11.1. The van der Waals surface area contributed by atoms with Crippen molar-refractivity contribution in [2.75, 3.05) is 47.7 Å². The number of hydrogen-bond acceptors (Lipinski definition) is 36. The van der Waals surface area contributed by atoms with Gasteiger partial charge in [-0.15, -0.1) is 13.2 Å². The summed E-state index contributed by atoms with van der Waals surface area (Å²) in [6, 6.07) is 10.3. The molecule has 4 aliphatic heterocycles. The number of anilines is 4. The molecule has 0 aromatic heterocycles. The van der Waals surface area contributed by atoms with Crippen molar-refractivity contribution in [3.63, 3.8) is 0 Å². The van der Waals surface area contributed by atoms with Crippen molar-refractivity contribution in [2.24, 2.45) is 0 Å². The van der Waals surface area contributed by atoms with Crippen LogP contribution in [0, 0.1) is 0 Å². The molecule has 4 fully saturated rings. The molecule has 0 saturated carbocycles. The summed E-state index contributed by atoms with van der Waals surface area (Å²) in [4.78, 5) is 207. The fraction of sp³-hybridized carbons (Fsp3) is 0.514. The Balaban J connectivity index is 1.20. The van der Waals surface area contributed by atoms with E-state index < -0.39 is 231 Å². The second-order valence-corrected chi connectivity index (χ2v) is 24.1. The van der Waals surface area contributed by atoms with Crippen LogP contribution in [0.2, 0.25) is 0 Å². The third-order valence-corrected chi connectivity index (χ3v) is 15.1. The number of rotatable bonds is 32. The number of hydrogen-bond donors (Lipinski definition) is 4. The monoisotopic (exact) mass is 1560 g/mol. The molecule has 0 spiro atoms. The van der Waals surface area contributed by atoms with Gasteiger partial charge in [0, 0.05) is 106 Å². The zero-order chi connectivity index (χ0) is 81.4. The van der Waals surface area contributed by atoms with Crippen molar-refractivity contribution in [2.45, 2.75) is 206 Å². The lowest BCUT2D eigenvalue weighted by molar-refractivity contribution is -0.296. The van der Waals surface area contributed by atoms with E-state index in [1.165, 1.54) is 72.8 Å². The van der Waals surface area contributed by atoms with Crippen LogP contribution in [-0.2, 0) is 171 Å². The fourth-order valence-corrected chi connectivity index (χ4v) is 11.4. The van der Waals surface area contributed by atoms with Gasteiger partial charge in [0.15, 0.2) is 123 Å². The first kappa shape index (κ1) is 87.8. The first-order chi connectivity index (χ1) is 52.0. The number of carbonyl (C=O) groups excluding carboxylic acids is 16. The lowest BCUT2D eigenvalue weighted by atomic mass is 9.97. The molecule has 0 bridgehead atoms. The second kappa shape index (κ2) is 41.4. The van der Waals surface area contributed by atoms with E-state index in [1.54, 1.807) is 0 Å². The molecule has 0 unspecified atom stereocenters. The van der Waals surface area contributed by atoms with E-state index in [0.29, 0.717) is 0 Å². The van der Waals surface area contributed by atoms with Crippen molar-refractivity contribution in [3.05, 3.63) is 86.0 Å². The molecule has 110 heavy (non-hydrogen) atoms. The molecule has 40 heteroatoms. The van der Waals surface area contributed by atoms with Gasteiger partial charge in [-0.1, -0.05) is 24.3 Å². The van der Waals surface area contributed by atoms with E-state index in [1.807, 2.05) is 0 Å². The van der Waals surface area contributed by atoms with Gasteiger partial charge < -0.3 is 116 Å². The van der Waals surface area contributed by atoms with Gasteiger partial charge in [0.25, 0.3) is 23.6 Å². The van der Waals surface area contributed by atoms with Gasteiger partial charge in [-0.3, -0.25) is 76.7 Å². The summed E-state index contributed by atoms with van der Waals surface area (Å²) in [6.07, 6.45) is -29.8. The van der Waals surface area contributed by atoms with Crippen LogP contribution in [0.15, 0.2) is 86.0 Å². The van der Waals surface area contributed by atoms with E-state index in [0.717, 1.165) is 83.1 Å². The molecule has 2 aromatic carbocycles. The highest BCUT2D eigenvalue weighted by Crippen LogP contribution is 2.36. The maximum absolute atomic E-state index is 14.4. The lowest BCUT2D eigenvalue weighted by Gasteiger charge is -2.43. The zero-order valence-corrected chi connectivity index (χ0v) is 61.4. The molecule has 4 saturated heterocycles. The first-order valence-electron chi connectivity index (χ1n) is 33.4. The Bertz CT molecular complexity index is 3510. The molecule has 4 heterocycles. The molecule has 4 aliphatic rings. The molecule has 6 rings (SSSR count). The molecule has 20 atom stereocenters. The fourth-order valence-electron chi connectivity index (χ4n) is 11.4. The third-order valence-electron chi connectivity index (χ3n) is 15.1. The second-order valence-electron chi connectivity index (χ2n) is 24.1. The summed E-state index contributed by atoms with van der Waals surface area (Å²) < 4.78 is 113. The molecule has 4 amide bonds. The van der Waals surface area contributed by atoms with Crippen LogP contribution in [0.4, 0.5) is 22.7 Å². The minimum atomic E-state index is -1.95. The third kappa shape index (κ3) is 25.8. The number of esters is 12. The minimum absolute atomic E-state index is 0.00968. The van der Waals surface area contributed by atoms with Crippen molar-refractivity contribution in [1.82, 2.24) is 0 Å². The standard InChI is InChI=1S/C70H84N4O36/c1-15-27-91-67-59(103-39(11)83)51(99-35(7)79)47(95-31(3)75)55(107-67)63(87)71-43-19-23-45(24-20-43)73-65(89)57-49(97-33(5)77)53(101-37(9)81)61(105-41(13)85)69(109-57)93-29-17-18-30-94-70-62(106-42(14)86)54(102-38(10)82)50(98-34(6)78)58(110-70)66(90)74-46-25-21-44(22-26-46)72-64(88)56-48(96-32(4)76)52(100-36(8)80)60(104-40(12)84)68(108-56)92-28-16-2/h15-26,47-62,67-70H,1-2,27-30H2,3-14H3,(H,71,87)(H,72,88)(H,73,89)(H,74,90)/b18-17+/t47-,48-,49-,50-,51-,52-,53-,54-,55-,56-,57-,58-,59+,60+,61+,62+,67-,68-,69-,70-/m0/s1. The summed E-state index contributed by atoms with van der Waals surface area (Å²) in [5.74, 6) is -15.7. The van der Waals surface area contributed by atoms with Gasteiger partial charge in [0.05, 0.1) is 26.4 Å². The molecular formula is C70H84N4O36. The van der Waals surface area contributed by atoms with Gasteiger partial charge in [-0.2, -0.15) is 0 Å². The maximum Gasteiger partial charge on any atom is 0.303 e. The highest BCUT2D eigenvalue weighted by atomic mass is 16.8. The van der Waals surface area contributed by atoms with Gasteiger partial charge in [0.1, 0.15) is 0 Å². The van der Waals surface area contributed by atoms with Crippen LogP contribution in [0.5, 0.6) is 0 Å². The predicted octanol–water partition coefficient (Wildman–Crippen LogP) is 1.22. The molecule has 2 aromatic rings. The maximum atomic E-state index is 14.4. The summed E-state index contributed by atoms with van der Waals surface area (Å²) >= 11 is 0. The highest BCUT2D eigenvalue weighted by molar-refractivity contribution is 5.99. The van der Waals surface area contributed by atoms with E-state index in [4.69, 9.17) is 94.7 Å². The van der Waals surface area contributed by atoms with Crippen LogP contribution >= 0.6 is 0 Å². The highest BCUT2D eigenvalue weighted by Gasteiger charge is 2.59. The Labute approximate surface area is 627 Å². The largest absolute Gasteiger partial charge is 0.455 e. The number of amides is 4. The summed E-state index contributed by atoms with van der Waals surface area (Å²) in [5.41, 5.74) is 0.0332. The minimum Gasteiger partial charge on any atom is -0.455 e. The van der Waals surface area contributed by atoms with E-state index in [9.17, 15) is 76.7 Å². The topological polar surface area (TPSA) is 506 Å². The molecular weight excluding hydrogens is 1470 g/mol. The van der Waals surface area contributed by atoms with Gasteiger partial charge in [-0.05, 0) is 48.5 Å². The average Bonchev–Trinajstić information content (AvgIpc) is 0.796. The molecule has 40 nitrogen and oxygen atoms in total. The van der Waals surface area contributed by atoms with Crippen LogP contribution in [0.1, 0.15) is 83.1 Å². The Morgan fingerprint density at radius 1 is 0.264 bits per heavy atom. The van der Waals surface area contributed by atoms with E-state index in [-0.39, 0.29) is 36.0 Å². The smallest absolute Gasteiger partial charge is 0.303 e. The quantitative estimate of drug-likeness (QED) is 0.0454.